The second kappa shape index (κ2) is 3.35. The van der Waals surface area contributed by atoms with Gasteiger partial charge in [-0.05, 0) is 13.3 Å². The van der Waals surface area contributed by atoms with Gasteiger partial charge < -0.3 is 4.90 Å². The van der Waals surface area contributed by atoms with Crippen molar-refractivity contribution in [2.75, 3.05) is 6.54 Å². The molecule has 1 aliphatic heterocycles. The Labute approximate surface area is 70.8 Å². The molecule has 0 aromatic rings. The summed E-state index contributed by atoms with van der Waals surface area (Å²) >= 11 is 0. The molecule has 0 aliphatic carbocycles. The monoisotopic (exact) mass is 166 g/mol. The van der Waals surface area contributed by atoms with Gasteiger partial charge in [-0.25, -0.2) is 0 Å². The van der Waals surface area contributed by atoms with Gasteiger partial charge in [0.1, 0.15) is 11.8 Å². The van der Waals surface area contributed by atoms with Crippen LogP contribution in [0.15, 0.2) is 0 Å². The second-order valence-corrected chi connectivity index (χ2v) is 2.99. The summed E-state index contributed by atoms with van der Waals surface area (Å²) in [5.74, 6) is -0.0838. The van der Waals surface area contributed by atoms with Crippen molar-refractivity contribution in [3.05, 3.63) is 0 Å². The maximum atomic E-state index is 10.9. The summed E-state index contributed by atoms with van der Waals surface area (Å²) < 4.78 is 0. The van der Waals surface area contributed by atoms with Crippen LogP contribution in [0.1, 0.15) is 13.3 Å². The Hall–Kier alpha value is -1.37. The molecule has 2 unspecified atom stereocenters. The van der Waals surface area contributed by atoms with E-state index in [0.717, 1.165) is 0 Å². The molecule has 0 saturated carbocycles. The molecule has 1 heterocycles. The van der Waals surface area contributed by atoms with Crippen molar-refractivity contribution < 1.29 is 9.59 Å². The summed E-state index contributed by atoms with van der Waals surface area (Å²) in [7, 11) is 0. The summed E-state index contributed by atoms with van der Waals surface area (Å²) in [6.07, 6.45) is 1.13. The SMILES string of the molecule is CC(=O)C1CC(C#N)N(C=O)C1. The standard InChI is InChI=1S/C8H10N2O2/c1-6(12)7-2-8(3-9)10(4-7)5-11/h5,7-8H,2,4H2,1H3. The van der Waals surface area contributed by atoms with Crippen molar-refractivity contribution in [2.24, 2.45) is 5.92 Å². The van der Waals surface area contributed by atoms with Crippen LogP contribution in [0.3, 0.4) is 0 Å². The number of hydrogen-bond donors (Lipinski definition) is 0. The lowest BCUT2D eigenvalue weighted by molar-refractivity contribution is -0.121. The van der Waals surface area contributed by atoms with E-state index >= 15 is 0 Å². The summed E-state index contributed by atoms with van der Waals surface area (Å²) in [6.45, 7) is 1.89. The third-order valence-electron chi connectivity index (χ3n) is 2.20. The number of amides is 1. The number of rotatable bonds is 2. The van der Waals surface area contributed by atoms with E-state index in [1.807, 2.05) is 6.07 Å². The van der Waals surface area contributed by atoms with Gasteiger partial charge in [0, 0.05) is 12.5 Å². The molecule has 0 aromatic carbocycles. The fourth-order valence-electron chi connectivity index (χ4n) is 1.40. The van der Waals surface area contributed by atoms with E-state index in [4.69, 9.17) is 5.26 Å². The Balaban J connectivity index is 2.66. The highest BCUT2D eigenvalue weighted by atomic mass is 16.1. The van der Waals surface area contributed by atoms with Crippen LogP contribution in [-0.4, -0.2) is 29.7 Å². The predicted octanol–water partition coefficient (Wildman–Crippen LogP) is -0.0541. The van der Waals surface area contributed by atoms with E-state index in [1.165, 1.54) is 11.8 Å². The molecule has 0 N–H and O–H groups in total. The quantitative estimate of drug-likeness (QED) is 0.540. The summed E-state index contributed by atoms with van der Waals surface area (Å²) in [4.78, 5) is 22.7. The molecule has 1 amide bonds. The topological polar surface area (TPSA) is 61.2 Å². The molecule has 0 radical (unpaired) electrons. The van der Waals surface area contributed by atoms with Gasteiger partial charge in [0.25, 0.3) is 0 Å². The Morgan fingerprint density at radius 2 is 2.42 bits per heavy atom. The van der Waals surface area contributed by atoms with Crippen molar-refractivity contribution in [2.45, 2.75) is 19.4 Å². The van der Waals surface area contributed by atoms with Crippen molar-refractivity contribution in [3.63, 3.8) is 0 Å². The van der Waals surface area contributed by atoms with Gasteiger partial charge in [-0.3, -0.25) is 9.59 Å². The zero-order chi connectivity index (χ0) is 9.14. The molecule has 64 valence electrons. The molecule has 0 spiro atoms. The first-order valence-electron chi connectivity index (χ1n) is 3.80. The van der Waals surface area contributed by atoms with Gasteiger partial charge in [0.05, 0.1) is 6.07 Å². The Bertz CT molecular complexity index is 244. The van der Waals surface area contributed by atoms with Gasteiger partial charge in [-0.2, -0.15) is 5.26 Å². The molecule has 4 nitrogen and oxygen atoms in total. The minimum absolute atomic E-state index is 0.0552. The van der Waals surface area contributed by atoms with Crippen molar-refractivity contribution >= 4 is 12.2 Å². The highest BCUT2D eigenvalue weighted by molar-refractivity contribution is 5.79. The fraction of sp³-hybridized carbons (Fsp3) is 0.625. The van der Waals surface area contributed by atoms with Crippen LogP contribution in [0.4, 0.5) is 0 Å². The van der Waals surface area contributed by atoms with Crippen molar-refractivity contribution in [3.8, 4) is 6.07 Å². The average Bonchev–Trinajstić information content (AvgIpc) is 2.46. The highest BCUT2D eigenvalue weighted by Gasteiger charge is 2.33. The lowest BCUT2D eigenvalue weighted by atomic mass is 10.0. The zero-order valence-electron chi connectivity index (χ0n) is 6.86. The number of nitriles is 1. The molecule has 0 aromatic heterocycles. The Kier molecular flexibility index (Phi) is 2.44. The van der Waals surface area contributed by atoms with E-state index in [0.29, 0.717) is 19.4 Å². The van der Waals surface area contributed by atoms with E-state index in [9.17, 15) is 9.59 Å². The maximum Gasteiger partial charge on any atom is 0.210 e. The van der Waals surface area contributed by atoms with Gasteiger partial charge in [0.2, 0.25) is 6.41 Å². The highest BCUT2D eigenvalue weighted by Crippen LogP contribution is 2.21. The van der Waals surface area contributed by atoms with Crippen molar-refractivity contribution in [1.82, 2.24) is 4.90 Å². The van der Waals surface area contributed by atoms with Crippen LogP contribution in [0.2, 0.25) is 0 Å². The van der Waals surface area contributed by atoms with E-state index in [2.05, 4.69) is 0 Å². The molecule has 1 rings (SSSR count). The first-order chi connectivity index (χ1) is 5.69. The Morgan fingerprint density at radius 3 is 2.75 bits per heavy atom. The number of ketones is 1. The molecule has 1 aliphatic rings. The summed E-state index contributed by atoms with van der Waals surface area (Å²) in [6, 6.07) is 1.59. The third kappa shape index (κ3) is 1.45. The minimum Gasteiger partial charge on any atom is -0.328 e. The number of carbonyl (C=O) groups is 2. The van der Waals surface area contributed by atoms with Crippen molar-refractivity contribution in [1.29, 1.82) is 5.26 Å². The fourth-order valence-corrected chi connectivity index (χ4v) is 1.40. The molecular weight excluding hydrogens is 156 g/mol. The smallest absolute Gasteiger partial charge is 0.210 e. The molecule has 1 fully saturated rings. The lowest BCUT2D eigenvalue weighted by Gasteiger charge is -2.10. The number of likely N-dealkylation sites (tertiary alicyclic amines) is 1. The van der Waals surface area contributed by atoms with E-state index < -0.39 is 6.04 Å². The Morgan fingerprint density at radius 1 is 1.75 bits per heavy atom. The predicted molar refractivity (Wildman–Crippen MR) is 41.0 cm³/mol. The van der Waals surface area contributed by atoms with Gasteiger partial charge >= 0.3 is 0 Å². The molecule has 2 atom stereocenters. The van der Waals surface area contributed by atoms with E-state index in [1.54, 1.807) is 0 Å². The number of hydrogen-bond acceptors (Lipinski definition) is 3. The summed E-state index contributed by atoms with van der Waals surface area (Å²) in [5.41, 5.74) is 0. The normalized spacial score (nSPS) is 28.2. The van der Waals surface area contributed by atoms with Gasteiger partial charge in [0.15, 0.2) is 0 Å². The van der Waals surface area contributed by atoms with Crippen LogP contribution >= 0.6 is 0 Å². The summed E-state index contributed by atoms with van der Waals surface area (Å²) in [5, 5.41) is 8.61. The van der Waals surface area contributed by atoms with Crippen LogP contribution in [0, 0.1) is 17.2 Å². The van der Waals surface area contributed by atoms with E-state index in [-0.39, 0.29) is 11.7 Å². The number of carbonyl (C=O) groups excluding carboxylic acids is 2. The first-order valence-corrected chi connectivity index (χ1v) is 3.80. The molecule has 12 heavy (non-hydrogen) atoms. The maximum absolute atomic E-state index is 10.9. The molecular formula is C8H10N2O2. The number of nitrogens with zero attached hydrogens (tertiary/aromatic N) is 2. The average molecular weight is 166 g/mol. The van der Waals surface area contributed by atoms with Gasteiger partial charge in [-0.1, -0.05) is 0 Å². The van der Waals surface area contributed by atoms with Crippen LogP contribution in [0.25, 0.3) is 0 Å². The number of Topliss-reactive ketones (excluding diaryl/α,β-unsaturated/α-hetero) is 1. The lowest BCUT2D eigenvalue weighted by Crippen LogP contribution is -2.26. The second-order valence-electron chi connectivity index (χ2n) is 2.99. The minimum atomic E-state index is -0.406. The molecule has 0 bridgehead atoms. The molecule has 1 saturated heterocycles. The van der Waals surface area contributed by atoms with Gasteiger partial charge in [-0.15, -0.1) is 0 Å². The largest absolute Gasteiger partial charge is 0.328 e. The van der Waals surface area contributed by atoms with Crippen LogP contribution < -0.4 is 0 Å². The third-order valence-corrected chi connectivity index (χ3v) is 2.20. The van der Waals surface area contributed by atoms with Crippen LogP contribution in [-0.2, 0) is 9.59 Å². The molecule has 4 heteroatoms. The first kappa shape index (κ1) is 8.72. The zero-order valence-corrected chi connectivity index (χ0v) is 6.86. The van der Waals surface area contributed by atoms with Crippen LogP contribution in [0.5, 0.6) is 0 Å².